The molecule has 1 fully saturated rings. The van der Waals surface area contributed by atoms with Crippen LogP contribution in [0.4, 0.5) is 13.2 Å². The van der Waals surface area contributed by atoms with E-state index < -0.39 is 17.9 Å². The Labute approximate surface area is 115 Å². The summed E-state index contributed by atoms with van der Waals surface area (Å²) in [6.07, 6.45) is -0.455. The van der Waals surface area contributed by atoms with E-state index in [2.05, 4.69) is 10.4 Å². The molecule has 7 heteroatoms. The van der Waals surface area contributed by atoms with Crippen molar-refractivity contribution >= 4 is 5.91 Å². The number of amides is 1. The summed E-state index contributed by atoms with van der Waals surface area (Å²) in [5.74, 6) is -0.281. The average Bonchev–Trinajstić information content (AvgIpc) is 2.96. The van der Waals surface area contributed by atoms with E-state index in [1.807, 2.05) is 0 Å². The fourth-order valence-corrected chi connectivity index (χ4v) is 2.52. The fraction of sp³-hybridized carbons (Fsp3) is 0.692. The first kappa shape index (κ1) is 14.9. The molecule has 0 bridgehead atoms. The third-order valence-corrected chi connectivity index (χ3v) is 3.66. The van der Waals surface area contributed by atoms with Gasteiger partial charge in [-0.3, -0.25) is 9.48 Å². The summed E-state index contributed by atoms with van der Waals surface area (Å²) in [7, 11) is 0. The van der Waals surface area contributed by atoms with Gasteiger partial charge >= 0.3 is 6.18 Å². The van der Waals surface area contributed by atoms with Gasteiger partial charge in [0.15, 0.2) is 5.69 Å². The lowest BCUT2D eigenvalue weighted by atomic mass is 10.2. The lowest BCUT2D eigenvalue weighted by molar-refractivity contribution is -0.142. The molecule has 1 aliphatic rings. The van der Waals surface area contributed by atoms with Crippen molar-refractivity contribution in [1.29, 1.82) is 0 Å². The molecule has 112 valence electrons. The molecule has 2 rings (SSSR count). The van der Waals surface area contributed by atoms with Crippen LogP contribution < -0.4 is 5.32 Å². The number of rotatable bonds is 3. The molecule has 1 amide bonds. The van der Waals surface area contributed by atoms with Crippen LogP contribution in [0.2, 0.25) is 0 Å². The van der Waals surface area contributed by atoms with E-state index in [0.29, 0.717) is 5.69 Å². The number of alkyl halides is 3. The predicted octanol–water partition coefficient (Wildman–Crippen LogP) is 2.83. The molecule has 0 aromatic carbocycles. The summed E-state index contributed by atoms with van der Waals surface area (Å²) in [4.78, 5) is 12.1. The molecular weight excluding hydrogens is 271 g/mol. The molecule has 1 aromatic rings. The Kier molecular flexibility index (Phi) is 4.06. The van der Waals surface area contributed by atoms with E-state index >= 15 is 0 Å². The average molecular weight is 289 g/mol. The minimum atomic E-state index is -4.49. The number of carbonyl (C=O) groups excluding carboxylic acids is 1. The Hall–Kier alpha value is -1.53. The first-order valence-electron chi connectivity index (χ1n) is 6.73. The molecule has 20 heavy (non-hydrogen) atoms. The van der Waals surface area contributed by atoms with Crippen LogP contribution in [0.5, 0.6) is 0 Å². The van der Waals surface area contributed by atoms with E-state index in [1.165, 1.54) is 6.92 Å². The Morgan fingerprint density at radius 3 is 2.55 bits per heavy atom. The van der Waals surface area contributed by atoms with Crippen molar-refractivity contribution in [2.24, 2.45) is 0 Å². The Morgan fingerprint density at radius 2 is 2.05 bits per heavy atom. The SMILES string of the molecule is Cc1cc(C(F)(F)F)nn1[C@@H](C)C(=O)NC1CCCC1. The summed E-state index contributed by atoms with van der Waals surface area (Å²) >= 11 is 0. The molecule has 0 spiro atoms. The van der Waals surface area contributed by atoms with Crippen molar-refractivity contribution in [3.63, 3.8) is 0 Å². The maximum Gasteiger partial charge on any atom is 0.435 e. The minimum absolute atomic E-state index is 0.142. The van der Waals surface area contributed by atoms with E-state index in [-0.39, 0.29) is 11.9 Å². The Morgan fingerprint density at radius 1 is 1.45 bits per heavy atom. The summed E-state index contributed by atoms with van der Waals surface area (Å²) in [6.45, 7) is 3.08. The van der Waals surface area contributed by atoms with Crippen LogP contribution >= 0.6 is 0 Å². The fourth-order valence-electron chi connectivity index (χ4n) is 2.52. The van der Waals surface area contributed by atoms with Crippen LogP contribution in [0.15, 0.2) is 6.07 Å². The van der Waals surface area contributed by atoms with Gasteiger partial charge in [-0.25, -0.2) is 0 Å². The second-order valence-corrected chi connectivity index (χ2v) is 5.28. The second kappa shape index (κ2) is 5.46. The van der Waals surface area contributed by atoms with Crippen molar-refractivity contribution in [1.82, 2.24) is 15.1 Å². The molecule has 1 atom stereocenters. The Balaban J connectivity index is 2.09. The maximum atomic E-state index is 12.6. The summed E-state index contributed by atoms with van der Waals surface area (Å²) < 4.78 is 38.9. The van der Waals surface area contributed by atoms with Crippen LogP contribution in [-0.4, -0.2) is 21.7 Å². The van der Waals surface area contributed by atoms with E-state index in [4.69, 9.17) is 0 Å². The smallest absolute Gasteiger partial charge is 0.352 e. The van der Waals surface area contributed by atoms with Crippen LogP contribution in [0.3, 0.4) is 0 Å². The van der Waals surface area contributed by atoms with Gasteiger partial charge in [0, 0.05) is 11.7 Å². The quantitative estimate of drug-likeness (QED) is 0.930. The van der Waals surface area contributed by atoms with Crippen LogP contribution in [0.1, 0.15) is 50.0 Å². The topological polar surface area (TPSA) is 46.9 Å². The molecule has 4 nitrogen and oxygen atoms in total. The number of aromatic nitrogens is 2. The second-order valence-electron chi connectivity index (χ2n) is 5.28. The van der Waals surface area contributed by atoms with Gasteiger partial charge in [-0.15, -0.1) is 0 Å². The first-order chi connectivity index (χ1) is 9.29. The van der Waals surface area contributed by atoms with Gasteiger partial charge in [-0.2, -0.15) is 18.3 Å². The van der Waals surface area contributed by atoms with Gasteiger partial charge in [0.05, 0.1) is 0 Å². The highest BCUT2D eigenvalue weighted by Crippen LogP contribution is 2.29. The van der Waals surface area contributed by atoms with Crippen molar-refractivity contribution in [2.75, 3.05) is 0 Å². The standard InChI is InChI=1S/C13H18F3N3O/c1-8-7-11(13(14,15)16)18-19(8)9(2)12(20)17-10-5-3-4-6-10/h7,9-10H,3-6H2,1-2H3,(H,17,20)/t9-/m0/s1. The number of aryl methyl sites for hydroxylation is 1. The van der Waals surface area contributed by atoms with Gasteiger partial charge in [0.25, 0.3) is 0 Å². The Bertz CT molecular complexity index is 490. The third-order valence-electron chi connectivity index (χ3n) is 3.66. The molecular formula is C13H18F3N3O. The number of carbonyl (C=O) groups is 1. The molecule has 1 saturated carbocycles. The zero-order valence-corrected chi connectivity index (χ0v) is 11.5. The number of hydrogen-bond acceptors (Lipinski definition) is 2. The molecule has 1 heterocycles. The van der Waals surface area contributed by atoms with Crippen LogP contribution in [-0.2, 0) is 11.0 Å². The van der Waals surface area contributed by atoms with Crippen molar-refractivity contribution in [3.05, 3.63) is 17.5 Å². The number of halogens is 3. The predicted molar refractivity (Wildman–Crippen MR) is 67.1 cm³/mol. The van der Waals surface area contributed by atoms with E-state index in [0.717, 1.165) is 36.4 Å². The highest BCUT2D eigenvalue weighted by Gasteiger charge is 2.35. The minimum Gasteiger partial charge on any atom is -0.352 e. The molecule has 0 radical (unpaired) electrons. The summed E-state index contributed by atoms with van der Waals surface area (Å²) in [5, 5.41) is 6.38. The van der Waals surface area contributed by atoms with Crippen molar-refractivity contribution in [2.45, 2.75) is 57.8 Å². The third kappa shape index (κ3) is 3.13. The maximum absolute atomic E-state index is 12.6. The molecule has 0 saturated heterocycles. The first-order valence-corrected chi connectivity index (χ1v) is 6.73. The number of nitrogens with one attached hydrogen (secondary N) is 1. The zero-order chi connectivity index (χ0) is 14.9. The molecule has 1 aromatic heterocycles. The van der Waals surface area contributed by atoms with Gasteiger partial charge in [0.2, 0.25) is 5.91 Å². The molecule has 1 aliphatic carbocycles. The van der Waals surface area contributed by atoms with Crippen molar-refractivity contribution in [3.8, 4) is 0 Å². The summed E-state index contributed by atoms with van der Waals surface area (Å²) in [6, 6.07) is 0.355. The van der Waals surface area contributed by atoms with Gasteiger partial charge in [-0.05, 0) is 32.8 Å². The van der Waals surface area contributed by atoms with Gasteiger partial charge < -0.3 is 5.32 Å². The largest absolute Gasteiger partial charge is 0.435 e. The normalized spacial score (nSPS) is 18.2. The molecule has 0 aliphatic heterocycles. The highest BCUT2D eigenvalue weighted by atomic mass is 19.4. The van der Waals surface area contributed by atoms with Gasteiger partial charge in [0.1, 0.15) is 6.04 Å². The highest BCUT2D eigenvalue weighted by molar-refractivity contribution is 5.80. The zero-order valence-electron chi connectivity index (χ0n) is 11.5. The molecule has 0 unspecified atom stereocenters. The molecule has 1 N–H and O–H groups in total. The van der Waals surface area contributed by atoms with Gasteiger partial charge in [-0.1, -0.05) is 12.8 Å². The van der Waals surface area contributed by atoms with E-state index in [1.54, 1.807) is 6.92 Å². The lowest BCUT2D eigenvalue weighted by Gasteiger charge is -2.18. The number of nitrogens with zero attached hydrogens (tertiary/aromatic N) is 2. The monoisotopic (exact) mass is 289 g/mol. The van der Waals surface area contributed by atoms with Crippen LogP contribution in [0.25, 0.3) is 0 Å². The van der Waals surface area contributed by atoms with Crippen LogP contribution in [0, 0.1) is 6.92 Å². The summed E-state index contributed by atoms with van der Waals surface area (Å²) in [5.41, 5.74) is -0.637. The lowest BCUT2D eigenvalue weighted by Crippen LogP contribution is -2.38. The van der Waals surface area contributed by atoms with E-state index in [9.17, 15) is 18.0 Å². The van der Waals surface area contributed by atoms with Crippen molar-refractivity contribution < 1.29 is 18.0 Å². The number of hydrogen-bond donors (Lipinski definition) is 1.